The van der Waals surface area contributed by atoms with E-state index in [-0.39, 0.29) is 11.8 Å². The summed E-state index contributed by atoms with van der Waals surface area (Å²) >= 11 is 0. The molecule has 0 unspecified atom stereocenters. The Morgan fingerprint density at radius 1 is 1.03 bits per heavy atom. The Balaban J connectivity index is 1.21. The molecule has 1 saturated heterocycles. The number of anilines is 1. The summed E-state index contributed by atoms with van der Waals surface area (Å²) in [6.45, 7) is 3.56. The minimum atomic E-state index is -0.354. The number of carbonyl (C=O) groups excluding carboxylic acids is 1. The van der Waals surface area contributed by atoms with Crippen LogP contribution in [0.2, 0.25) is 0 Å². The van der Waals surface area contributed by atoms with Gasteiger partial charge in [-0.3, -0.25) is 4.57 Å². The molecule has 0 saturated carbocycles. The highest BCUT2D eigenvalue weighted by molar-refractivity contribution is 5.78. The number of nitrogens with zero attached hydrogens (tertiary/aromatic N) is 3. The average molecular weight is 409 g/mol. The first-order valence-electron chi connectivity index (χ1n) is 10.5. The third-order valence-electron chi connectivity index (χ3n) is 5.72. The second kappa shape index (κ2) is 9.07. The van der Waals surface area contributed by atoms with E-state index >= 15 is 0 Å². The van der Waals surface area contributed by atoms with Gasteiger partial charge in [0.1, 0.15) is 0 Å². The number of nitrogens with one attached hydrogen (secondary N) is 1. The van der Waals surface area contributed by atoms with Gasteiger partial charge in [-0.15, -0.1) is 0 Å². The molecule has 0 radical (unpaired) electrons. The third kappa shape index (κ3) is 4.50. The van der Waals surface area contributed by atoms with Crippen LogP contribution in [-0.4, -0.2) is 48.2 Å². The van der Waals surface area contributed by atoms with Crippen molar-refractivity contribution in [2.75, 3.05) is 37.6 Å². The highest BCUT2D eigenvalue weighted by Crippen LogP contribution is 2.22. The molecule has 2 aromatic carbocycles. The van der Waals surface area contributed by atoms with E-state index < -0.39 is 0 Å². The number of aryl methyl sites for hydroxylation is 2. The first-order chi connectivity index (χ1) is 14.6. The van der Waals surface area contributed by atoms with Crippen LogP contribution in [-0.2, 0) is 13.5 Å². The topological polar surface area (TPSA) is 70.7 Å². The van der Waals surface area contributed by atoms with Gasteiger partial charge in [0.15, 0.2) is 5.58 Å². The minimum Gasteiger partial charge on any atom is -0.408 e. The maximum absolute atomic E-state index is 12.4. The highest BCUT2D eigenvalue weighted by Gasteiger charge is 2.21. The molecule has 1 aliphatic heterocycles. The van der Waals surface area contributed by atoms with Crippen LogP contribution < -0.4 is 16.0 Å². The molecule has 1 aromatic heterocycles. The molecule has 4 rings (SSSR count). The van der Waals surface area contributed by atoms with Gasteiger partial charge in [0.25, 0.3) is 0 Å². The van der Waals surface area contributed by atoms with Crippen LogP contribution in [0.25, 0.3) is 11.1 Å². The average Bonchev–Trinajstić information content (AvgIpc) is 3.07. The summed E-state index contributed by atoms with van der Waals surface area (Å²) in [5, 5.41) is 3.04. The van der Waals surface area contributed by atoms with E-state index in [4.69, 9.17) is 4.42 Å². The van der Waals surface area contributed by atoms with Crippen LogP contribution in [0, 0.1) is 0 Å². The lowest BCUT2D eigenvalue weighted by Gasteiger charge is -2.36. The number of unbranched alkanes of at least 4 members (excludes halogenated alkanes) is 1. The second-order valence-corrected chi connectivity index (χ2v) is 7.73. The van der Waals surface area contributed by atoms with Gasteiger partial charge in [0.2, 0.25) is 0 Å². The van der Waals surface area contributed by atoms with Crippen LogP contribution >= 0.6 is 0 Å². The largest absolute Gasteiger partial charge is 0.419 e. The standard InChI is InChI=1S/C23H28N4O3/c1-25-20-11-10-19(17-21(20)30-23(25)29)26-13-15-27(16-14-26)22(28)24-12-6-5-9-18-7-3-2-4-8-18/h2-4,7-8,10-11,17H,5-6,9,12-16H2,1H3,(H,24,28). The summed E-state index contributed by atoms with van der Waals surface area (Å²) in [6.07, 6.45) is 3.08. The van der Waals surface area contributed by atoms with Crippen LogP contribution in [0.4, 0.5) is 10.5 Å². The lowest BCUT2D eigenvalue weighted by Crippen LogP contribution is -2.52. The SMILES string of the molecule is Cn1c(=O)oc2cc(N3CCN(C(=O)NCCCCc4ccccc4)CC3)ccc21. The molecule has 2 heterocycles. The Labute approximate surface area is 175 Å². The fourth-order valence-electron chi connectivity index (χ4n) is 3.89. The predicted octanol–water partition coefficient (Wildman–Crippen LogP) is 2.99. The van der Waals surface area contributed by atoms with E-state index in [1.807, 2.05) is 29.2 Å². The van der Waals surface area contributed by atoms with E-state index in [0.717, 1.165) is 43.6 Å². The minimum absolute atomic E-state index is 0.0128. The van der Waals surface area contributed by atoms with Crippen molar-refractivity contribution in [1.82, 2.24) is 14.8 Å². The molecule has 7 heteroatoms. The number of oxazole rings is 1. The first kappa shape index (κ1) is 20.1. The Morgan fingerprint density at radius 3 is 2.57 bits per heavy atom. The quantitative estimate of drug-likeness (QED) is 0.637. The summed E-state index contributed by atoms with van der Waals surface area (Å²) in [4.78, 5) is 28.2. The lowest BCUT2D eigenvalue weighted by atomic mass is 10.1. The van der Waals surface area contributed by atoms with E-state index in [2.05, 4.69) is 34.5 Å². The number of hydrogen-bond acceptors (Lipinski definition) is 4. The smallest absolute Gasteiger partial charge is 0.408 e. The van der Waals surface area contributed by atoms with Crippen molar-refractivity contribution < 1.29 is 9.21 Å². The molecule has 30 heavy (non-hydrogen) atoms. The van der Waals surface area contributed by atoms with Crippen LogP contribution in [0.15, 0.2) is 57.7 Å². The molecule has 0 atom stereocenters. The van der Waals surface area contributed by atoms with Gasteiger partial charge in [0, 0.05) is 51.5 Å². The zero-order valence-electron chi connectivity index (χ0n) is 17.3. The molecule has 2 amide bonds. The molecule has 0 bridgehead atoms. The van der Waals surface area contributed by atoms with E-state index in [1.54, 1.807) is 7.05 Å². The normalized spacial score (nSPS) is 14.3. The highest BCUT2D eigenvalue weighted by atomic mass is 16.4. The van der Waals surface area contributed by atoms with Gasteiger partial charge in [-0.05, 0) is 37.0 Å². The Morgan fingerprint density at radius 2 is 1.80 bits per heavy atom. The molecule has 1 N–H and O–H groups in total. The zero-order chi connectivity index (χ0) is 20.9. The molecular formula is C23H28N4O3. The number of urea groups is 1. The first-order valence-corrected chi connectivity index (χ1v) is 10.5. The van der Waals surface area contributed by atoms with Crippen molar-refractivity contribution >= 4 is 22.8 Å². The van der Waals surface area contributed by atoms with Crippen LogP contribution in [0.5, 0.6) is 0 Å². The number of benzene rings is 2. The van der Waals surface area contributed by atoms with Gasteiger partial charge in [0.05, 0.1) is 5.52 Å². The molecule has 0 aliphatic carbocycles. The number of carbonyl (C=O) groups is 1. The Hall–Kier alpha value is -3.22. The Bertz CT molecular complexity index is 1050. The van der Waals surface area contributed by atoms with Crippen molar-refractivity contribution in [2.45, 2.75) is 19.3 Å². The van der Waals surface area contributed by atoms with E-state index in [0.29, 0.717) is 25.2 Å². The van der Waals surface area contributed by atoms with Crippen LogP contribution in [0.3, 0.4) is 0 Å². The maximum atomic E-state index is 12.4. The van der Waals surface area contributed by atoms with Crippen molar-refractivity contribution in [3.05, 3.63) is 64.6 Å². The maximum Gasteiger partial charge on any atom is 0.419 e. The van der Waals surface area contributed by atoms with Gasteiger partial charge < -0.3 is 19.5 Å². The van der Waals surface area contributed by atoms with Crippen molar-refractivity contribution in [1.29, 1.82) is 0 Å². The fourth-order valence-corrected chi connectivity index (χ4v) is 3.89. The number of rotatable bonds is 6. The number of fused-ring (bicyclic) bond motifs is 1. The van der Waals surface area contributed by atoms with E-state index in [9.17, 15) is 9.59 Å². The van der Waals surface area contributed by atoms with Gasteiger partial charge >= 0.3 is 11.8 Å². The van der Waals surface area contributed by atoms with Crippen LogP contribution in [0.1, 0.15) is 18.4 Å². The summed E-state index contributed by atoms with van der Waals surface area (Å²) < 4.78 is 6.79. The van der Waals surface area contributed by atoms with Crippen molar-refractivity contribution in [2.24, 2.45) is 7.05 Å². The number of hydrogen-bond donors (Lipinski definition) is 1. The molecule has 7 nitrogen and oxygen atoms in total. The second-order valence-electron chi connectivity index (χ2n) is 7.73. The lowest BCUT2D eigenvalue weighted by molar-refractivity contribution is 0.194. The van der Waals surface area contributed by atoms with Crippen molar-refractivity contribution in [3.8, 4) is 0 Å². The van der Waals surface area contributed by atoms with Gasteiger partial charge in [-0.25, -0.2) is 9.59 Å². The Kier molecular flexibility index (Phi) is 6.07. The zero-order valence-corrected chi connectivity index (χ0v) is 17.3. The summed E-state index contributed by atoms with van der Waals surface area (Å²) in [6, 6.07) is 16.3. The number of piperazine rings is 1. The van der Waals surface area contributed by atoms with E-state index in [1.165, 1.54) is 10.1 Å². The number of amides is 2. The molecule has 0 spiro atoms. The molecule has 3 aromatic rings. The van der Waals surface area contributed by atoms with Gasteiger partial charge in [-0.2, -0.15) is 0 Å². The molecule has 1 fully saturated rings. The molecule has 1 aliphatic rings. The molecule has 158 valence electrons. The predicted molar refractivity (Wildman–Crippen MR) is 118 cm³/mol. The summed E-state index contributed by atoms with van der Waals surface area (Å²) in [5.74, 6) is -0.354. The monoisotopic (exact) mass is 408 g/mol. The fraction of sp³-hybridized carbons (Fsp3) is 0.391. The summed E-state index contributed by atoms with van der Waals surface area (Å²) in [5.41, 5.74) is 3.73. The third-order valence-corrected chi connectivity index (χ3v) is 5.72. The van der Waals surface area contributed by atoms with Crippen molar-refractivity contribution in [3.63, 3.8) is 0 Å². The number of aromatic nitrogens is 1. The van der Waals surface area contributed by atoms with Gasteiger partial charge in [-0.1, -0.05) is 30.3 Å². The molecular weight excluding hydrogens is 380 g/mol. The summed E-state index contributed by atoms with van der Waals surface area (Å²) in [7, 11) is 1.70.